The third-order valence-corrected chi connectivity index (χ3v) is 5.79. The zero-order valence-corrected chi connectivity index (χ0v) is 19.4. The number of carbonyl (C=O) groups excluding carboxylic acids is 1. The number of amides is 1. The van der Waals surface area contributed by atoms with Crippen molar-refractivity contribution in [3.63, 3.8) is 0 Å². The van der Waals surface area contributed by atoms with Crippen molar-refractivity contribution in [2.45, 2.75) is 13.3 Å². The van der Waals surface area contributed by atoms with Gasteiger partial charge in [-0.3, -0.25) is 9.69 Å². The van der Waals surface area contributed by atoms with Crippen LogP contribution in [-0.4, -0.2) is 56.4 Å². The number of rotatable bonds is 8. The van der Waals surface area contributed by atoms with Crippen LogP contribution in [0, 0.1) is 0 Å². The molecule has 0 aliphatic carbocycles. The van der Waals surface area contributed by atoms with E-state index in [9.17, 15) is 4.79 Å². The molecule has 0 spiro atoms. The maximum absolute atomic E-state index is 13.4. The Morgan fingerprint density at radius 3 is 2.52 bits per heavy atom. The minimum absolute atomic E-state index is 0. The molecule has 0 saturated heterocycles. The van der Waals surface area contributed by atoms with E-state index in [1.807, 2.05) is 45.3 Å². The lowest BCUT2D eigenvalue weighted by Gasteiger charge is -2.21. The number of anilines is 1. The van der Waals surface area contributed by atoms with E-state index in [4.69, 9.17) is 19.2 Å². The van der Waals surface area contributed by atoms with Crippen molar-refractivity contribution in [3.8, 4) is 17.2 Å². The molecular formula is C22H26ClN3O4S. The maximum Gasteiger partial charge on any atom is 0.260 e. The molecule has 2 heterocycles. The third-order valence-electron chi connectivity index (χ3n) is 4.75. The molecule has 3 aromatic rings. The molecule has 166 valence electrons. The monoisotopic (exact) mass is 463 g/mol. The molecule has 1 aliphatic heterocycles. The van der Waals surface area contributed by atoms with Gasteiger partial charge >= 0.3 is 0 Å². The van der Waals surface area contributed by atoms with Crippen molar-refractivity contribution in [1.29, 1.82) is 0 Å². The highest BCUT2D eigenvalue weighted by atomic mass is 35.5. The molecule has 2 aromatic carbocycles. The summed E-state index contributed by atoms with van der Waals surface area (Å²) in [7, 11) is 4.05. The number of benzene rings is 2. The topological polar surface area (TPSA) is 64.1 Å². The smallest absolute Gasteiger partial charge is 0.260 e. The zero-order valence-electron chi connectivity index (χ0n) is 17.8. The van der Waals surface area contributed by atoms with E-state index in [1.165, 1.54) is 11.3 Å². The van der Waals surface area contributed by atoms with Gasteiger partial charge in [0, 0.05) is 24.2 Å². The highest BCUT2D eigenvalue weighted by Crippen LogP contribution is 2.40. The summed E-state index contributed by atoms with van der Waals surface area (Å²) in [6.07, 6.45) is 0.842. The summed E-state index contributed by atoms with van der Waals surface area (Å²) >= 11 is 1.48. The highest BCUT2D eigenvalue weighted by Gasteiger charge is 2.23. The van der Waals surface area contributed by atoms with E-state index < -0.39 is 0 Å². The van der Waals surface area contributed by atoms with Crippen molar-refractivity contribution in [2.24, 2.45) is 0 Å². The number of fused-ring (bicyclic) bond motifs is 2. The Kier molecular flexibility index (Phi) is 7.59. The van der Waals surface area contributed by atoms with Crippen LogP contribution >= 0.6 is 23.7 Å². The third kappa shape index (κ3) is 5.20. The SMILES string of the molecule is CCOc1ccc(C(=O)N(CCCN(C)C)c2nc3cc4c(cc3s2)OCO4)cc1.Cl. The van der Waals surface area contributed by atoms with E-state index in [0.717, 1.165) is 34.7 Å². The second kappa shape index (κ2) is 10.2. The van der Waals surface area contributed by atoms with Crippen molar-refractivity contribution in [3.05, 3.63) is 42.0 Å². The van der Waals surface area contributed by atoms with E-state index in [-0.39, 0.29) is 25.1 Å². The second-order valence-corrected chi connectivity index (χ2v) is 8.25. The van der Waals surface area contributed by atoms with Gasteiger partial charge in [-0.05, 0) is 58.3 Å². The van der Waals surface area contributed by atoms with Crippen LogP contribution in [-0.2, 0) is 0 Å². The van der Waals surface area contributed by atoms with Gasteiger partial charge in [0.15, 0.2) is 16.6 Å². The van der Waals surface area contributed by atoms with Crippen LogP contribution in [0.2, 0.25) is 0 Å². The lowest BCUT2D eigenvalue weighted by atomic mass is 10.2. The number of hydrogen-bond acceptors (Lipinski definition) is 7. The quantitative estimate of drug-likeness (QED) is 0.492. The predicted molar refractivity (Wildman–Crippen MR) is 125 cm³/mol. The average Bonchev–Trinajstić information content (AvgIpc) is 3.35. The minimum atomic E-state index is -0.0732. The number of carbonyl (C=O) groups is 1. The Morgan fingerprint density at radius 2 is 1.84 bits per heavy atom. The molecule has 0 saturated carbocycles. The minimum Gasteiger partial charge on any atom is -0.494 e. The van der Waals surface area contributed by atoms with Gasteiger partial charge in [0.05, 0.1) is 16.8 Å². The molecule has 0 radical (unpaired) electrons. The van der Waals surface area contributed by atoms with Crippen molar-refractivity contribution in [1.82, 2.24) is 9.88 Å². The summed E-state index contributed by atoms with van der Waals surface area (Å²) in [4.78, 5) is 22.0. The first-order chi connectivity index (χ1) is 14.5. The molecule has 4 rings (SSSR count). The van der Waals surface area contributed by atoms with Crippen LogP contribution < -0.4 is 19.1 Å². The van der Waals surface area contributed by atoms with Crippen LogP contribution in [0.3, 0.4) is 0 Å². The molecule has 0 unspecified atom stereocenters. The largest absolute Gasteiger partial charge is 0.494 e. The molecule has 0 N–H and O–H groups in total. The number of aromatic nitrogens is 1. The van der Waals surface area contributed by atoms with Crippen molar-refractivity contribution in [2.75, 3.05) is 45.5 Å². The fourth-order valence-corrected chi connectivity index (χ4v) is 4.27. The Labute approximate surface area is 191 Å². The van der Waals surface area contributed by atoms with Gasteiger partial charge in [0.1, 0.15) is 5.75 Å². The first-order valence-electron chi connectivity index (χ1n) is 9.95. The van der Waals surface area contributed by atoms with Gasteiger partial charge in [-0.1, -0.05) is 11.3 Å². The van der Waals surface area contributed by atoms with Gasteiger partial charge < -0.3 is 19.1 Å². The van der Waals surface area contributed by atoms with Gasteiger partial charge in [-0.2, -0.15) is 0 Å². The lowest BCUT2D eigenvalue weighted by Crippen LogP contribution is -2.33. The molecule has 1 amide bonds. The average molecular weight is 464 g/mol. The number of halogens is 1. The summed E-state index contributed by atoms with van der Waals surface area (Å²) < 4.78 is 17.4. The zero-order chi connectivity index (χ0) is 21.1. The predicted octanol–water partition coefficient (Wildman–Crippen LogP) is 4.44. The van der Waals surface area contributed by atoms with Gasteiger partial charge in [0.25, 0.3) is 5.91 Å². The van der Waals surface area contributed by atoms with Crippen molar-refractivity contribution < 1.29 is 19.0 Å². The normalized spacial score (nSPS) is 12.1. The Hall–Kier alpha value is -2.55. The van der Waals surface area contributed by atoms with Crippen LogP contribution in [0.25, 0.3) is 10.2 Å². The molecule has 1 aliphatic rings. The Balaban J connectivity index is 0.00000272. The Morgan fingerprint density at radius 1 is 1.13 bits per heavy atom. The molecule has 1 aromatic heterocycles. The highest BCUT2D eigenvalue weighted by molar-refractivity contribution is 7.22. The number of ether oxygens (including phenoxy) is 3. The van der Waals surface area contributed by atoms with Gasteiger partial charge in [-0.15, -0.1) is 12.4 Å². The fourth-order valence-electron chi connectivity index (χ4n) is 3.27. The molecule has 0 atom stereocenters. The van der Waals surface area contributed by atoms with E-state index >= 15 is 0 Å². The summed E-state index contributed by atoms with van der Waals surface area (Å²) in [6, 6.07) is 11.1. The van der Waals surface area contributed by atoms with Crippen molar-refractivity contribution >= 4 is 45.0 Å². The number of nitrogens with zero attached hydrogens (tertiary/aromatic N) is 3. The van der Waals surface area contributed by atoms with Crippen LogP contribution in [0.1, 0.15) is 23.7 Å². The number of hydrogen-bond donors (Lipinski definition) is 0. The first-order valence-corrected chi connectivity index (χ1v) is 10.8. The van der Waals surface area contributed by atoms with Gasteiger partial charge in [-0.25, -0.2) is 4.98 Å². The molecule has 7 nitrogen and oxygen atoms in total. The fraction of sp³-hybridized carbons (Fsp3) is 0.364. The van der Waals surface area contributed by atoms with E-state index in [0.29, 0.717) is 29.6 Å². The summed E-state index contributed by atoms with van der Waals surface area (Å²) in [5.41, 5.74) is 1.41. The molecular weight excluding hydrogens is 438 g/mol. The van der Waals surface area contributed by atoms with Gasteiger partial charge in [0.2, 0.25) is 6.79 Å². The van der Waals surface area contributed by atoms with Crippen LogP contribution in [0.4, 0.5) is 5.13 Å². The first kappa shape index (κ1) is 23.1. The molecule has 0 bridgehead atoms. The lowest BCUT2D eigenvalue weighted by molar-refractivity contribution is 0.0986. The number of thiazole rings is 1. The van der Waals surface area contributed by atoms with Crippen LogP contribution in [0.15, 0.2) is 36.4 Å². The van der Waals surface area contributed by atoms with E-state index in [1.54, 1.807) is 17.0 Å². The summed E-state index contributed by atoms with van der Waals surface area (Å²) in [5, 5.41) is 0.673. The van der Waals surface area contributed by atoms with E-state index in [2.05, 4.69) is 4.90 Å². The standard InChI is InChI=1S/C22H25N3O4S.ClH/c1-4-27-16-8-6-15(7-9-16)21(26)25(11-5-10-24(2)3)22-23-17-12-18-19(29-14-28-18)13-20(17)30-22;/h6-9,12-13H,4-5,10-11,14H2,1-3H3;1H. The maximum atomic E-state index is 13.4. The molecule has 9 heteroatoms. The summed E-state index contributed by atoms with van der Waals surface area (Å²) in [5.74, 6) is 2.09. The van der Waals surface area contributed by atoms with Crippen LogP contribution in [0.5, 0.6) is 17.2 Å². The Bertz CT molecular complexity index is 998. The summed E-state index contributed by atoms with van der Waals surface area (Å²) in [6.45, 7) is 4.22. The molecule has 0 fully saturated rings. The second-order valence-electron chi connectivity index (χ2n) is 7.24. The molecule has 31 heavy (non-hydrogen) atoms.